The molecule has 0 radical (unpaired) electrons. The summed E-state index contributed by atoms with van der Waals surface area (Å²) in [7, 11) is -4.01. The Hall–Kier alpha value is -2.90. The van der Waals surface area contributed by atoms with Gasteiger partial charge in [-0.05, 0) is 57.5 Å². The second-order valence-corrected chi connectivity index (χ2v) is 11.0. The van der Waals surface area contributed by atoms with Gasteiger partial charge in [0.2, 0.25) is 5.50 Å². The molecule has 34 heavy (non-hydrogen) atoms. The van der Waals surface area contributed by atoms with E-state index in [0.717, 1.165) is 18.3 Å². The first-order chi connectivity index (χ1) is 15.6. The number of anilines is 1. The summed E-state index contributed by atoms with van der Waals surface area (Å²) in [6.07, 6.45) is 0.949. The fraction of sp³-hybridized carbons (Fsp3) is 0.381. The van der Waals surface area contributed by atoms with Crippen LogP contribution in [0.15, 0.2) is 35.5 Å². The molecule has 1 aromatic carbocycles. The number of halogens is 4. The first-order valence-electron chi connectivity index (χ1n) is 9.90. The van der Waals surface area contributed by atoms with Gasteiger partial charge in [-0.15, -0.1) is 0 Å². The smallest absolute Gasteiger partial charge is 0.387 e. The number of benzene rings is 1. The largest absolute Gasteiger partial charge is 0.433 e. The maximum atomic E-state index is 15.4. The number of amides is 1. The molecule has 1 aliphatic heterocycles. The Kier molecular flexibility index (Phi) is 6.59. The van der Waals surface area contributed by atoms with E-state index in [1.165, 1.54) is 39.8 Å². The molecular weight excluding hydrogens is 480 g/mol. The Balaban J connectivity index is 1.96. The quantitative estimate of drug-likeness (QED) is 0.433. The lowest BCUT2D eigenvalue weighted by molar-refractivity contribution is -0.0501. The van der Waals surface area contributed by atoms with Crippen molar-refractivity contribution in [2.24, 2.45) is 10.7 Å². The number of amidine groups is 1. The zero-order valence-electron chi connectivity index (χ0n) is 18.6. The fourth-order valence-corrected chi connectivity index (χ4v) is 5.18. The van der Waals surface area contributed by atoms with Gasteiger partial charge >= 0.3 is 6.61 Å². The maximum absolute atomic E-state index is 15.4. The molecule has 0 spiro atoms. The molecule has 1 unspecified atom stereocenters. The average Bonchev–Trinajstić information content (AvgIpc) is 2.72. The molecule has 0 fully saturated rings. The number of alkyl halides is 3. The molecule has 0 aliphatic carbocycles. The van der Waals surface area contributed by atoms with Gasteiger partial charge in [-0.2, -0.15) is 19.4 Å². The monoisotopic (exact) mass is 504 g/mol. The van der Waals surface area contributed by atoms with Crippen LogP contribution in [-0.2, 0) is 5.54 Å². The molecule has 1 amide bonds. The van der Waals surface area contributed by atoms with E-state index in [9.17, 15) is 27.1 Å². The van der Waals surface area contributed by atoms with Gasteiger partial charge in [0, 0.05) is 11.3 Å². The van der Waals surface area contributed by atoms with E-state index < -0.39 is 44.7 Å². The van der Waals surface area contributed by atoms with Crippen LogP contribution >= 0.6 is 10.6 Å². The van der Waals surface area contributed by atoms with Gasteiger partial charge in [0.05, 0.1) is 6.20 Å². The summed E-state index contributed by atoms with van der Waals surface area (Å²) in [5, 5.41) is 2.47. The van der Waals surface area contributed by atoms with Crippen molar-refractivity contribution in [3.63, 3.8) is 0 Å². The Morgan fingerprint density at radius 2 is 1.91 bits per heavy atom. The predicted molar refractivity (Wildman–Crippen MR) is 121 cm³/mol. The minimum atomic E-state index is -4.01. The van der Waals surface area contributed by atoms with Crippen LogP contribution in [0.3, 0.4) is 0 Å². The normalized spacial score (nSPS) is 24.3. The number of pyridine rings is 1. The standard InChI is InChI=1S/C21H24F4N4O4S/c1-10-7-12(33-19(24)25)9-27-15(10)16(30)28-11-5-6-14(22)13(8-11)21(4)17(23)34(31,32)20(2,3)18(26)29-21/h5-9,17,19,31-32H,1-4H3,(H2,26,29)(H,28,30)/t17?,21-/m1/s1. The van der Waals surface area contributed by atoms with Crippen LogP contribution in [0.4, 0.5) is 23.2 Å². The van der Waals surface area contributed by atoms with Crippen molar-refractivity contribution in [3.8, 4) is 5.75 Å². The molecule has 2 atom stereocenters. The highest BCUT2D eigenvalue weighted by molar-refractivity contribution is 8.26. The zero-order chi connectivity index (χ0) is 25.6. The molecule has 13 heteroatoms. The minimum Gasteiger partial charge on any atom is -0.433 e. The SMILES string of the molecule is Cc1cc(OC(F)F)cnc1C(=O)Nc1ccc(F)c([C@@]2(C)N=C(N)C(C)(C)S(O)(O)C2F)c1. The lowest BCUT2D eigenvalue weighted by Crippen LogP contribution is -2.55. The number of hydrogen-bond donors (Lipinski definition) is 4. The van der Waals surface area contributed by atoms with Gasteiger partial charge < -0.3 is 15.8 Å². The van der Waals surface area contributed by atoms with Gasteiger partial charge in [0.25, 0.3) is 5.91 Å². The Morgan fingerprint density at radius 1 is 1.26 bits per heavy atom. The molecule has 0 bridgehead atoms. The van der Waals surface area contributed by atoms with E-state index in [1.807, 2.05) is 0 Å². The van der Waals surface area contributed by atoms with E-state index in [2.05, 4.69) is 20.0 Å². The number of nitrogens with zero attached hydrogens (tertiary/aromatic N) is 2. The van der Waals surface area contributed by atoms with Crippen LogP contribution in [0.5, 0.6) is 5.75 Å². The highest BCUT2D eigenvalue weighted by Crippen LogP contribution is 2.64. The number of nitrogens with one attached hydrogen (secondary N) is 1. The zero-order valence-corrected chi connectivity index (χ0v) is 19.5. The summed E-state index contributed by atoms with van der Waals surface area (Å²) in [4.78, 5) is 20.6. The van der Waals surface area contributed by atoms with Gasteiger partial charge in [0.15, 0.2) is 0 Å². The minimum absolute atomic E-state index is 0.0269. The fourth-order valence-electron chi connectivity index (χ4n) is 3.49. The summed E-state index contributed by atoms with van der Waals surface area (Å²) in [6, 6.07) is 4.47. The highest BCUT2D eigenvalue weighted by Gasteiger charge is 2.57. The van der Waals surface area contributed by atoms with Crippen LogP contribution in [0, 0.1) is 12.7 Å². The Labute approximate surface area is 194 Å². The van der Waals surface area contributed by atoms with Crippen molar-refractivity contribution in [1.29, 1.82) is 0 Å². The molecule has 2 heterocycles. The van der Waals surface area contributed by atoms with Crippen LogP contribution in [0.25, 0.3) is 0 Å². The van der Waals surface area contributed by atoms with Crippen molar-refractivity contribution in [2.45, 2.75) is 50.1 Å². The van der Waals surface area contributed by atoms with Crippen molar-refractivity contribution in [3.05, 3.63) is 53.1 Å². The molecular formula is C21H24F4N4O4S. The van der Waals surface area contributed by atoms with Crippen molar-refractivity contribution < 1.29 is 36.2 Å². The van der Waals surface area contributed by atoms with Crippen LogP contribution in [0.2, 0.25) is 0 Å². The van der Waals surface area contributed by atoms with Gasteiger partial charge in [-0.1, -0.05) is 0 Å². The number of hydrogen-bond acceptors (Lipinski definition) is 7. The van der Waals surface area contributed by atoms with E-state index >= 15 is 4.39 Å². The van der Waals surface area contributed by atoms with Crippen molar-refractivity contribution in [2.75, 3.05) is 5.32 Å². The van der Waals surface area contributed by atoms with Gasteiger partial charge in [-0.25, -0.2) is 13.8 Å². The average molecular weight is 505 g/mol. The summed E-state index contributed by atoms with van der Waals surface area (Å²) >= 11 is 0. The number of rotatable bonds is 5. The third-order valence-corrected chi connectivity index (χ3v) is 8.46. The van der Waals surface area contributed by atoms with Gasteiger partial charge in [0.1, 0.15) is 33.4 Å². The second kappa shape index (κ2) is 8.71. The first kappa shape index (κ1) is 25.7. The number of carbonyl (C=O) groups is 1. The molecule has 0 saturated heterocycles. The number of aliphatic imine (C=N–C) groups is 1. The van der Waals surface area contributed by atoms with Crippen molar-refractivity contribution in [1.82, 2.24) is 4.98 Å². The summed E-state index contributed by atoms with van der Waals surface area (Å²) in [5.74, 6) is -2.15. The maximum Gasteiger partial charge on any atom is 0.387 e. The second-order valence-electron chi connectivity index (χ2n) is 8.43. The molecule has 186 valence electrons. The third-order valence-electron chi connectivity index (χ3n) is 5.71. The molecule has 8 nitrogen and oxygen atoms in total. The summed E-state index contributed by atoms with van der Waals surface area (Å²) in [5.41, 5.74) is 1.19. The molecule has 1 aliphatic rings. The van der Waals surface area contributed by atoms with Crippen LogP contribution < -0.4 is 15.8 Å². The van der Waals surface area contributed by atoms with E-state index in [-0.39, 0.29) is 34.1 Å². The number of aryl methyl sites for hydroxylation is 1. The topological polar surface area (TPSA) is 130 Å². The number of carbonyl (C=O) groups excluding carboxylic acids is 1. The van der Waals surface area contributed by atoms with E-state index in [4.69, 9.17) is 5.73 Å². The van der Waals surface area contributed by atoms with Crippen LogP contribution in [-0.4, -0.2) is 42.7 Å². The lowest BCUT2D eigenvalue weighted by atomic mass is 9.91. The molecule has 3 rings (SSSR count). The molecule has 2 aromatic rings. The molecule has 0 saturated carbocycles. The number of aromatic nitrogens is 1. The first-order valence-corrected chi connectivity index (χ1v) is 11.5. The summed E-state index contributed by atoms with van der Waals surface area (Å²) in [6.45, 7) is 2.23. The lowest BCUT2D eigenvalue weighted by Gasteiger charge is -2.55. The number of nitrogens with two attached hydrogens (primary N) is 1. The van der Waals surface area contributed by atoms with E-state index in [1.54, 1.807) is 0 Å². The molecule has 1 aromatic heterocycles. The number of ether oxygens (including phenoxy) is 1. The Morgan fingerprint density at radius 3 is 2.50 bits per heavy atom. The van der Waals surface area contributed by atoms with Crippen molar-refractivity contribution >= 4 is 28.0 Å². The molecule has 5 N–H and O–H groups in total. The summed E-state index contributed by atoms with van der Waals surface area (Å²) < 4.78 is 78.7. The van der Waals surface area contributed by atoms with Crippen LogP contribution in [0.1, 0.15) is 42.4 Å². The predicted octanol–water partition coefficient (Wildman–Crippen LogP) is 4.79. The van der Waals surface area contributed by atoms with Gasteiger partial charge in [-0.3, -0.25) is 18.9 Å². The van der Waals surface area contributed by atoms with E-state index in [0.29, 0.717) is 0 Å². The third kappa shape index (κ3) is 4.30. The Bertz CT molecular complexity index is 1160. The highest BCUT2D eigenvalue weighted by atomic mass is 32.3.